The van der Waals surface area contributed by atoms with Crippen LogP contribution in [0, 0.1) is 5.82 Å². The molecule has 1 atom stereocenters. The smallest absolute Gasteiger partial charge is 0.149 e. The van der Waals surface area contributed by atoms with Crippen molar-refractivity contribution in [3.8, 4) is 0 Å². The molecule has 102 valence electrons. The largest absolute Gasteiger partial charge is 0.309 e. The van der Waals surface area contributed by atoms with Crippen LogP contribution in [0.25, 0.3) is 0 Å². The van der Waals surface area contributed by atoms with Crippen molar-refractivity contribution in [3.63, 3.8) is 0 Å². The van der Waals surface area contributed by atoms with Crippen LogP contribution in [0.1, 0.15) is 24.9 Å². The summed E-state index contributed by atoms with van der Waals surface area (Å²) in [5.41, 5.74) is 0.378. The van der Waals surface area contributed by atoms with E-state index in [2.05, 4.69) is 21.2 Å². The molecule has 1 aromatic rings. The Morgan fingerprint density at radius 3 is 2.67 bits per heavy atom. The molecule has 0 bridgehead atoms. The summed E-state index contributed by atoms with van der Waals surface area (Å²) in [4.78, 5) is 0. The molecular weight excluding hydrogens is 321 g/mol. The zero-order valence-electron chi connectivity index (χ0n) is 10.4. The van der Waals surface area contributed by atoms with Crippen LogP contribution < -0.4 is 5.32 Å². The standard InChI is InChI=1S/C12H17BrFNO2S/c1-3-7-15-11(8-18(2,16)17)9-5-4-6-10(13)12(9)14/h4-6,11,15H,3,7-8H2,1-2H3. The van der Waals surface area contributed by atoms with Gasteiger partial charge in [-0.25, -0.2) is 12.8 Å². The van der Waals surface area contributed by atoms with Gasteiger partial charge in [0.15, 0.2) is 0 Å². The summed E-state index contributed by atoms with van der Waals surface area (Å²) in [7, 11) is -3.18. The third-order valence-corrected chi connectivity index (χ3v) is 4.02. The van der Waals surface area contributed by atoms with Crippen LogP contribution >= 0.6 is 15.9 Å². The lowest BCUT2D eigenvalue weighted by Crippen LogP contribution is -2.29. The molecule has 0 saturated carbocycles. The number of rotatable bonds is 6. The third-order valence-electron chi connectivity index (χ3n) is 2.47. The maximum Gasteiger partial charge on any atom is 0.149 e. The summed E-state index contributed by atoms with van der Waals surface area (Å²) in [6.07, 6.45) is 2.01. The van der Waals surface area contributed by atoms with Crippen LogP contribution in [0.3, 0.4) is 0 Å². The molecule has 0 aliphatic heterocycles. The molecule has 1 N–H and O–H groups in total. The second-order valence-corrected chi connectivity index (χ2v) is 7.28. The summed E-state index contributed by atoms with van der Waals surface area (Å²) < 4.78 is 37.1. The minimum absolute atomic E-state index is 0.111. The van der Waals surface area contributed by atoms with E-state index in [0.29, 0.717) is 16.6 Å². The average Bonchev–Trinajstić information content (AvgIpc) is 2.27. The zero-order valence-corrected chi connectivity index (χ0v) is 12.8. The van der Waals surface area contributed by atoms with Gasteiger partial charge in [0.05, 0.1) is 10.2 Å². The van der Waals surface area contributed by atoms with E-state index in [1.807, 2.05) is 6.92 Å². The highest BCUT2D eigenvalue weighted by molar-refractivity contribution is 9.10. The Hall–Kier alpha value is -0.460. The van der Waals surface area contributed by atoms with Crippen LogP contribution in [-0.2, 0) is 9.84 Å². The fraction of sp³-hybridized carbons (Fsp3) is 0.500. The van der Waals surface area contributed by atoms with E-state index >= 15 is 0 Å². The number of nitrogens with one attached hydrogen (secondary N) is 1. The first-order valence-corrected chi connectivity index (χ1v) is 8.55. The Kier molecular flexibility index (Phi) is 5.75. The van der Waals surface area contributed by atoms with Gasteiger partial charge in [0, 0.05) is 17.9 Å². The lowest BCUT2D eigenvalue weighted by Gasteiger charge is -2.19. The molecule has 0 aliphatic rings. The van der Waals surface area contributed by atoms with Gasteiger partial charge in [0.25, 0.3) is 0 Å². The molecule has 0 fully saturated rings. The minimum atomic E-state index is -3.18. The van der Waals surface area contributed by atoms with E-state index in [9.17, 15) is 12.8 Å². The fourth-order valence-corrected chi connectivity index (χ4v) is 2.95. The van der Waals surface area contributed by atoms with Crippen molar-refractivity contribution in [2.75, 3.05) is 18.6 Å². The molecule has 0 aliphatic carbocycles. The monoisotopic (exact) mass is 337 g/mol. The van der Waals surface area contributed by atoms with Crippen LogP contribution in [0.2, 0.25) is 0 Å². The number of benzene rings is 1. The molecule has 18 heavy (non-hydrogen) atoms. The maximum absolute atomic E-state index is 14.0. The van der Waals surface area contributed by atoms with Crippen molar-refractivity contribution in [3.05, 3.63) is 34.1 Å². The quantitative estimate of drug-likeness (QED) is 0.867. The molecular formula is C12H17BrFNO2S. The van der Waals surface area contributed by atoms with Gasteiger partial charge in [0.2, 0.25) is 0 Å². The first kappa shape index (κ1) is 15.6. The van der Waals surface area contributed by atoms with Gasteiger partial charge in [-0.15, -0.1) is 0 Å². The van der Waals surface area contributed by atoms with Crippen molar-refractivity contribution in [1.29, 1.82) is 0 Å². The zero-order chi connectivity index (χ0) is 13.8. The SMILES string of the molecule is CCCNC(CS(C)(=O)=O)c1cccc(Br)c1F. The molecule has 0 spiro atoms. The van der Waals surface area contributed by atoms with E-state index < -0.39 is 21.7 Å². The highest BCUT2D eigenvalue weighted by Gasteiger charge is 2.20. The Balaban J connectivity index is 3.05. The van der Waals surface area contributed by atoms with E-state index in [1.165, 1.54) is 0 Å². The average molecular weight is 338 g/mol. The van der Waals surface area contributed by atoms with Gasteiger partial charge in [-0.1, -0.05) is 19.1 Å². The molecule has 3 nitrogen and oxygen atoms in total. The van der Waals surface area contributed by atoms with Gasteiger partial charge in [-0.3, -0.25) is 0 Å². The van der Waals surface area contributed by atoms with Crippen molar-refractivity contribution >= 4 is 25.8 Å². The van der Waals surface area contributed by atoms with Gasteiger partial charge < -0.3 is 5.32 Å². The summed E-state index contributed by atoms with van der Waals surface area (Å²) in [5.74, 6) is -0.518. The van der Waals surface area contributed by atoms with Gasteiger partial charge >= 0.3 is 0 Å². The van der Waals surface area contributed by atoms with Crippen LogP contribution in [0.4, 0.5) is 4.39 Å². The summed E-state index contributed by atoms with van der Waals surface area (Å²) in [6.45, 7) is 2.62. The van der Waals surface area contributed by atoms with Crippen molar-refractivity contribution < 1.29 is 12.8 Å². The van der Waals surface area contributed by atoms with Gasteiger partial charge in [-0.05, 0) is 35.0 Å². The Bertz CT molecular complexity index is 505. The second kappa shape index (κ2) is 6.63. The lowest BCUT2D eigenvalue weighted by atomic mass is 10.1. The van der Waals surface area contributed by atoms with Crippen LogP contribution in [0.15, 0.2) is 22.7 Å². The van der Waals surface area contributed by atoms with Gasteiger partial charge in [-0.2, -0.15) is 0 Å². The highest BCUT2D eigenvalue weighted by atomic mass is 79.9. The molecule has 1 aromatic carbocycles. The van der Waals surface area contributed by atoms with E-state index in [0.717, 1.165) is 12.7 Å². The molecule has 6 heteroatoms. The molecule has 0 aromatic heterocycles. The Morgan fingerprint density at radius 2 is 2.11 bits per heavy atom. The number of halogens is 2. The predicted octanol–water partition coefficient (Wildman–Crippen LogP) is 2.67. The molecule has 0 saturated heterocycles. The van der Waals surface area contributed by atoms with Crippen LogP contribution in [-0.4, -0.2) is 27.0 Å². The molecule has 1 rings (SSSR count). The minimum Gasteiger partial charge on any atom is -0.309 e. The lowest BCUT2D eigenvalue weighted by molar-refractivity contribution is 0.517. The predicted molar refractivity (Wildman–Crippen MR) is 74.8 cm³/mol. The highest BCUT2D eigenvalue weighted by Crippen LogP contribution is 2.24. The molecule has 0 radical (unpaired) electrons. The first-order chi connectivity index (χ1) is 8.35. The van der Waals surface area contributed by atoms with E-state index in [-0.39, 0.29) is 5.75 Å². The van der Waals surface area contributed by atoms with Gasteiger partial charge in [0.1, 0.15) is 15.7 Å². The number of hydrogen-bond donors (Lipinski definition) is 1. The first-order valence-electron chi connectivity index (χ1n) is 5.70. The Labute approximate surface area is 116 Å². The second-order valence-electron chi connectivity index (χ2n) is 4.24. The Morgan fingerprint density at radius 1 is 1.44 bits per heavy atom. The normalized spacial score (nSPS) is 13.6. The van der Waals surface area contributed by atoms with E-state index in [4.69, 9.17) is 0 Å². The fourth-order valence-electron chi connectivity index (χ4n) is 1.67. The topological polar surface area (TPSA) is 46.2 Å². The van der Waals surface area contributed by atoms with Crippen molar-refractivity contribution in [2.45, 2.75) is 19.4 Å². The summed E-state index contributed by atoms with van der Waals surface area (Å²) in [6, 6.07) is 4.39. The number of sulfone groups is 1. The maximum atomic E-state index is 14.0. The summed E-state index contributed by atoms with van der Waals surface area (Å²) >= 11 is 3.11. The van der Waals surface area contributed by atoms with Crippen LogP contribution in [0.5, 0.6) is 0 Å². The third kappa shape index (κ3) is 4.66. The molecule has 0 heterocycles. The molecule has 0 amide bonds. The van der Waals surface area contributed by atoms with E-state index in [1.54, 1.807) is 18.2 Å². The summed E-state index contributed by atoms with van der Waals surface area (Å²) in [5, 5.41) is 3.07. The van der Waals surface area contributed by atoms with Crippen molar-refractivity contribution in [2.24, 2.45) is 0 Å². The molecule has 1 unspecified atom stereocenters. The number of hydrogen-bond acceptors (Lipinski definition) is 3. The van der Waals surface area contributed by atoms with Crippen molar-refractivity contribution in [1.82, 2.24) is 5.32 Å².